The zero-order valence-corrected chi connectivity index (χ0v) is 11.1. The van der Waals surface area contributed by atoms with Crippen molar-refractivity contribution in [1.82, 2.24) is 0 Å². The molecule has 0 amide bonds. The second-order valence-electron chi connectivity index (χ2n) is 4.18. The van der Waals surface area contributed by atoms with Gasteiger partial charge in [0.2, 0.25) is 0 Å². The van der Waals surface area contributed by atoms with E-state index in [1.54, 1.807) is 6.07 Å². The number of carbonyl (C=O) groups excluding carboxylic acids is 2. The Morgan fingerprint density at radius 2 is 2.25 bits per heavy atom. The first-order chi connectivity index (χ1) is 7.40. The highest BCUT2D eigenvalue weighted by atomic mass is 32.2. The lowest BCUT2D eigenvalue weighted by Crippen LogP contribution is -2.24. The van der Waals surface area contributed by atoms with Crippen molar-refractivity contribution in [3.8, 4) is 0 Å². The van der Waals surface area contributed by atoms with E-state index in [4.69, 9.17) is 4.74 Å². The molecule has 0 bridgehead atoms. The molecule has 0 atom stereocenters. The number of hydrogen-bond acceptors (Lipinski definition) is 5. The van der Waals surface area contributed by atoms with Gasteiger partial charge in [-0.2, -0.15) is 0 Å². The lowest BCUT2D eigenvalue weighted by molar-refractivity contribution is -0.151. The first kappa shape index (κ1) is 13.3. The van der Waals surface area contributed by atoms with Gasteiger partial charge in [0.05, 0.1) is 10.6 Å². The van der Waals surface area contributed by atoms with Crippen LogP contribution in [0.15, 0.2) is 16.3 Å². The molecule has 16 heavy (non-hydrogen) atoms. The van der Waals surface area contributed by atoms with Crippen molar-refractivity contribution in [1.29, 1.82) is 0 Å². The molecule has 0 spiro atoms. The highest BCUT2D eigenvalue weighted by Gasteiger charge is 2.16. The Morgan fingerprint density at radius 1 is 1.56 bits per heavy atom. The minimum absolute atomic E-state index is 0.239. The fraction of sp³-hybridized carbons (Fsp3) is 0.455. The van der Waals surface area contributed by atoms with Gasteiger partial charge in [-0.15, -0.1) is 23.1 Å². The third kappa shape index (κ3) is 4.81. The van der Waals surface area contributed by atoms with Gasteiger partial charge in [-0.3, -0.25) is 9.59 Å². The van der Waals surface area contributed by atoms with Gasteiger partial charge < -0.3 is 4.74 Å². The maximum absolute atomic E-state index is 11.4. The summed E-state index contributed by atoms with van der Waals surface area (Å²) in [5.41, 5.74) is -0.444. The Kier molecular flexibility index (Phi) is 4.56. The molecule has 0 saturated heterocycles. The molecule has 0 fully saturated rings. The summed E-state index contributed by atoms with van der Waals surface area (Å²) in [4.78, 5) is 23.5. The maximum Gasteiger partial charge on any atom is 0.316 e. The van der Waals surface area contributed by atoms with Crippen LogP contribution in [0.4, 0.5) is 0 Å². The Morgan fingerprint density at radius 3 is 2.75 bits per heavy atom. The first-order valence-electron chi connectivity index (χ1n) is 4.79. The summed E-state index contributed by atoms with van der Waals surface area (Å²) in [6.07, 6.45) is 0.808. The number of hydrogen-bond donors (Lipinski definition) is 0. The molecule has 1 heterocycles. The van der Waals surface area contributed by atoms with Crippen molar-refractivity contribution in [2.24, 2.45) is 0 Å². The average Bonchev–Trinajstić information content (AvgIpc) is 2.59. The number of esters is 1. The largest absolute Gasteiger partial charge is 0.459 e. The highest BCUT2D eigenvalue weighted by molar-refractivity contribution is 8.00. The van der Waals surface area contributed by atoms with E-state index in [9.17, 15) is 9.59 Å². The molecule has 0 saturated carbocycles. The predicted octanol–water partition coefficient (Wildman–Crippen LogP) is 2.99. The standard InChI is InChI=1S/C11H14O3S2/c1-11(2,3)14-10(13)7-16-9-4-8(5-12)15-6-9/h4-6H,7H2,1-3H3. The molecule has 0 aliphatic heterocycles. The Balaban J connectivity index is 2.40. The van der Waals surface area contributed by atoms with Gasteiger partial charge in [0.25, 0.3) is 0 Å². The van der Waals surface area contributed by atoms with Crippen molar-refractivity contribution in [3.63, 3.8) is 0 Å². The molecule has 0 unspecified atom stereocenters. The topological polar surface area (TPSA) is 43.4 Å². The Labute approximate surface area is 103 Å². The van der Waals surface area contributed by atoms with E-state index in [-0.39, 0.29) is 11.7 Å². The summed E-state index contributed by atoms with van der Waals surface area (Å²) < 4.78 is 5.17. The molecule has 0 aliphatic rings. The molecule has 0 aliphatic carbocycles. The van der Waals surface area contributed by atoms with E-state index in [1.807, 2.05) is 26.2 Å². The van der Waals surface area contributed by atoms with Crippen LogP contribution >= 0.6 is 23.1 Å². The van der Waals surface area contributed by atoms with Crippen LogP contribution < -0.4 is 0 Å². The average molecular weight is 258 g/mol. The van der Waals surface area contributed by atoms with Crippen LogP contribution in [-0.4, -0.2) is 23.6 Å². The van der Waals surface area contributed by atoms with Gasteiger partial charge in [-0.05, 0) is 26.8 Å². The van der Waals surface area contributed by atoms with Crippen LogP contribution in [0.25, 0.3) is 0 Å². The van der Waals surface area contributed by atoms with Gasteiger partial charge in [0.1, 0.15) is 5.60 Å². The van der Waals surface area contributed by atoms with E-state index >= 15 is 0 Å². The van der Waals surface area contributed by atoms with Crippen LogP contribution in [-0.2, 0) is 9.53 Å². The number of thiophene rings is 1. The van der Waals surface area contributed by atoms with E-state index in [1.165, 1.54) is 23.1 Å². The number of rotatable bonds is 4. The molecule has 0 aromatic carbocycles. The van der Waals surface area contributed by atoms with Gasteiger partial charge in [0, 0.05) is 10.3 Å². The zero-order valence-electron chi connectivity index (χ0n) is 9.48. The van der Waals surface area contributed by atoms with Gasteiger partial charge in [-0.1, -0.05) is 0 Å². The van der Waals surface area contributed by atoms with Crippen molar-refractivity contribution in [2.75, 3.05) is 5.75 Å². The molecule has 88 valence electrons. The molecular formula is C11H14O3S2. The number of aldehydes is 1. The summed E-state index contributed by atoms with van der Waals surface area (Å²) in [5, 5.41) is 1.86. The minimum Gasteiger partial charge on any atom is -0.459 e. The van der Waals surface area contributed by atoms with Gasteiger partial charge in [0.15, 0.2) is 6.29 Å². The minimum atomic E-state index is -0.444. The van der Waals surface area contributed by atoms with E-state index in [2.05, 4.69) is 0 Å². The summed E-state index contributed by atoms with van der Waals surface area (Å²) in [6.45, 7) is 5.51. The van der Waals surface area contributed by atoms with Crippen LogP contribution in [0.5, 0.6) is 0 Å². The van der Waals surface area contributed by atoms with Crippen LogP contribution in [0.2, 0.25) is 0 Å². The van der Waals surface area contributed by atoms with E-state index in [0.717, 1.165) is 11.2 Å². The van der Waals surface area contributed by atoms with Gasteiger partial charge in [-0.25, -0.2) is 0 Å². The zero-order chi connectivity index (χ0) is 12.2. The van der Waals surface area contributed by atoms with Crippen molar-refractivity contribution < 1.29 is 14.3 Å². The third-order valence-corrected chi connectivity index (χ3v) is 3.44. The second-order valence-corrected chi connectivity index (χ2v) is 6.17. The van der Waals surface area contributed by atoms with Crippen molar-refractivity contribution >= 4 is 35.4 Å². The first-order valence-corrected chi connectivity index (χ1v) is 6.65. The molecule has 0 N–H and O–H groups in total. The maximum atomic E-state index is 11.4. The molecule has 1 aromatic rings. The van der Waals surface area contributed by atoms with Gasteiger partial charge >= 0.3 is 5.97 Å². The monoisotopic (exact) mass is 258 g/mol. The lowest BCUT2D eigenvalue weighted by Gasteiger charge is -2.19. The number of ether oxygens (including phenoxy) is 1. The predicted molar refractivity (Wildman–Crippen MR) is 66.3 cm³/mol. The molecule has 1 rings (SSSR count). The van der Waals surface area contributed by atoms with Crippen molar-refractivity contribution in [2.45, 2.75) is 31.3 Å². The SMILES string of the molecule is CC(C)(C)OC(=O)CSc1csc(C=O)c1. The van der Waals surface area contributed by atoms with Crippen LogP contribution in [0, 0.1) is 0 Å². The highest BCUT2D eigenvalue weighted by Crippen LogP contribution is 2.24. The molecule has 0 radical (unpaired) electrons. The summed E-state index contributed by atoms with van der Waals surface area (Å²) in [5.74, 6) is 0.0307. The van der Waals surface area contributed by atoms with Crippen LogP contribution in [0.3, 0.4) is 0 Å². The quantitative estimate of drug-likeness (QED) is 0.473. The molecule has 3 nitrogen and oxygen atoms in total. The van der Waals surface area contributed by atoms with E-state index in [0.29, 0.717) is 4.88 Å². The number of thioether (sulfide) groups is 1. The second kappa shape index (κ2) is 5.50. The lowest BCUT2D eigenvalue weighted by atomic mass is 10.2. The van der Waals surface area contributed by atoms with Crippen LogP contribution in [0.1, 0.15) is 30.4 Å². The smallest absolute Gasteiger partial charge is 0.316 e. The fourth-order valence-corrected chi connectivity index (χ4v) is 2.60. The Hall–Kier alpha value is -0.810. The molecule has 1 aromatic heterocycles. The summed E-state index contributed by atoms with van der Waals surface area (Å²) in [7, 11) is 0. The number of carbonyl (C=O) groups is 2. The summed E-state index contributed by atoms with van der Waals surface area (Å²) >= 11 is 2.76. The Bertz CT molecular complexity index is 377. The third-order valence-electron chi connectivity index (χ3n) is 1.49. The molecule has 5 heteroatoms. The van der Waals surface area contributed by atoms with E-state index < -0.39 is 5.60 Å². The normalized spacial score (nSPS) is 11.2. The van der Waals surface area contributed by atoms with Crippen molar-refractivity contribution in [3.05, 3.63) is 16.3 Å². The summed E-state index contributed by atoms with van der Waals surface area (Å²) in [6, 6.07) is 1.77. The molecular weight excluding hydrogens is 244 g/mol. The fourth-order valence-electron chi connectivity index (χ4n) is 0.985.